The highest BCUT2D eigenvalue weighted by Crippen LogP contribution is 2.17. The predicted octanol–water partition coefficient (Wildman–Crippen LogP) is 1.74. The van der Waals surface area contributed by atoms with Gasteiger partial charge in [0.2, 0.25) is 0 Å². The molecule has 132 valence electrons. The molecule has 0 aliphatic heterocycles. The third kappa shape index (κ3) is 5.16. The summed E-state index contributed by atoms with van der Waals surface area (Å²) < 4.78 is 4.72. The van der Waals surface area contributed by atoms with Gasteiger partial charge in [0, 0.05) is 11.3 Å². The lowest BCUT2D eigenvalue weighted by molar-refractivity contribution is -0.885. The third-order valence-corrected chi connectivity index (χ3v) is 4.15. The quantitative estimate of drug-likeness (QED) is 0.787. The Morgan fingerprint density at radius 3 is 2.48 bits per heavy atom. The molecule has 25 heavy (non-hydrogen) atoms. The van der Waals surface area contributed by atoms with Gasteiger partial charge in [0.25, 0.3) is 5.91 Å². The van der Waals surface area contributed by atoms with E-state index in [1.807, 2.05) is 26.1 Å². The average Bonchev–Trinajstić information content (AvgIpc) is 2.58. The van der Waals surface area contributed by atoms with Crippen LogP contribution in [0.3, 0.4) is 0 Å². The second-order valence-electron chi connectivity index (χ2n) is 6.31. The minimum atomic E-state index is -0.419. The molecule has 0 spiro atoms. The fourth-order valence-corrected chi connectivity index (χ4v) is 2.67. The molecule has 5 nitrogen and oxygen atoms in total. The highest BCUT2D eigenvalue weighted by molar-refractivity contribution is 5.95. The molecule has 1 atom stereocenters. The van der Waals surface area contributed by atoms with Gasteiger partial charge in [0.15, 0.2) is 6.54 Å². The molecule has 0 aliphatic carbocycles. The van der Waals surface area contributed by atoms with E-state index in [0.717, 1.165) is 17.0 Å². The summed E-state index contributed by atoms with van der Waals surface area (Å²) in [6.45, 7) is 5.09. The van der Waals surface area contributed by atoms with Crippen LogP contribution in [0.25, 0.3) is 0 Å². The van der Waals surface area contributed by atoms with Gasteiger partial charge in [-0.25, -0.2) is 4.79 Å². The minimum absolute atomic E-state index is 0.0869. The first-order chi connectivity index (χ1) is 11.9. The molecule has 1 amide bonds. The number of nitrogens with one attached hydrogen (secondary N) is 2. The first kappa shape index (κ1) is 18.7. The zero-order valence-electron chi connectivity index (χ0n) is 15.2. The molecule has 2 rings (SSSR count). The van der Waals surface area contributed by atoms with Crippen LogP contribution < -0.4 is 10.2 Å². The van der Waals surface area contributed by atoms with E-state index in [9.17, 15) is 9.59 Å². The van der Waals surface area contributed by atoms with E-state index < -0.39 is 5.97 Å². The maximum atomic E-state index is 12.4. The Morgan fingerprint density at radius 1 is 1.08 bits per heavy atom. The molecule has 2 aromatic rings. The van der Waals surface area contributed by atoms with Crippen LogP contribution in [-0.4, -0.2) is 32.6 Å². The summed E-state index contributed by atoms with van der Waals surface area (Å²) in [6, 6.07) is 13.3. The van der Waals surface area contributed by atoms with Gasteiger partial charge in [-0.3, -0.25) is 4.79 Å². The summed E-state index contributed by atoms with van der Waals surface area (Å²) in [5.41, 5.74) is 4.42. The van der Waals surface area contributed by atoms with Crippen LogP contribution in [0.2, 0.25) is 0 Å². The lowest BCUT2D eigenvalue weighted by Gasteiger charge is -2.16. The van der Waals surface area contributed by atoms with Crippen LogP contribution in [0.15, 0.2) is 42.5 Å². The topological polar surface area (TPSA) is 59.8 Å². The van der Waals surface area contributed by atoms with Gasteiger partial charge in [0.05, 0.1) is 19.7 Å². The highest BCUT2D eigenvalue weighted by Gasteiger charge is 2.14. The number of methoxy groups -OCH3 is 1. The Hall–Kier alpha value is -2.66. The van der Waals surface area contributed by atoms with Crippen molar-refractivity contribution in [3.63, 3.8) is 0 Å². The summed E-state index contributed by atoms with van der Waals surface area (Å²) in [4.78, 5) is 25.1. The third-order valence-electron chi connectivity index (χ3n) is 4.15. The molecule has 2 N–H and O–H groups in total. The first-order valence-electron chi connectivity index (χ1n) is 8.25. The molecule has 0 bridgehead atoms. The van der Waals surface area contributed by atoms with Gasteiger partial charge in [-0.1, -0.05) is 30.3 Å². The van der Waals surface area contributed by atoms with Crippen molar-refractivity contribution in [2.75, 3.05) is 26.0 Å². The number of esters is 1. The number of benzene rings is 2. The fraction of sp³-hybridized carbons (Fsp3) is 0.300. The predicted molar refractivity (Wildman–Crippen MR) is 97.8 cm³/mol. The number of likely N-dealkylation sites (N-methyl/N-ethyl adjacent to an activating group) is 1. The average molecular weight is 341 g/mol. The Morgan fingerprint density at radius 2 is 1.80 bits per heavy atom. The van der Waals surface area contributed by atoms with Crippen molar-refractivity contribution < 1.29 is 19.2 Å². The number of amides is 1. The van der Waals surface area contributed by atoms with E-state index in [1.165, 1.54) is 18.2 Å². The summed E-state index contributed by atoms with van der Waals surface area (Å²) in [7, 11) is 3.33. The van der Waals surface area contributed by atoms with Crippen molar-refractivity contribution in [2.45, 2.75) is 20.4 Å². The van der Waals surface area contributed by atoms with E-state index in [0.29, 0.717) is 17.8 Å². The number of hydrogen-bond donors (Lipinski definition) is 2. The van der Waals surface area contributed by atoms with Gasteiger partial charge in [-0.05, 0) is 37.1 Å². The maximum Gasteiger partial charge on any atom is 0.337 e. The molecule has 0 fully saturated rings. The van der Waals surface area contributed by atoms with Crippen molar-refractivity contribution in [3.05, 3.63) is 64.7 Å². The Labute approximate surface area is 148 Å². The lowest BCUT2D eigenvalue weighted by Crippen LogP contribution is -3.08. The summed E-state index contributed by atoms with van der Waals surface area (Å²) in [5.74, 6) is -0.506. The van der Waals surface area contributed by atoms with Crippen molar-refractivity contribution in [2.24, 2.45) is 0 Å². The number of aryl methyl sites for hydroxylation is 2. The van der Waals surface area contributed by atoms with Gasteiger partial charge < -0.3 is 15.0 Å². The van der Waals surface area contributed by atoms with Gasteiger partial charge in [0.1, 0.15) is 6.54 Å². The molecule has 0 saturated carbocycles. The van der Waals surface area contributed by atoms with Gasteiger partial charge in [-0.15, -0.1) is 0 Å². The zero-order chi connectivity index (χ0) is 18.4. The monoisotopic (exact) mass is 341 g/mol. The zero-order valence-corrected chi connectivity index (χ0v) is 15.2. The van der Waals surface area contributed by atoms with Crippen LogP contribution in [0.4, 0.5) is 5.69 Å². The number of quaternary nitrogens is 1. The molecule has 1 unspecified atom stereocenters. The standard InChI is InChI=1S/C20H24N2O3/c1-14-7-5-6-8-17(14)12-22(3)13-19(23)21-18-11-16(20(24)25-4)10-9-15(18)2/h5-11H,12-13H2,1-4H3,(H,21,23)/p+1. The normalized spacial score (nSPS) is 11.7. The van der Waals surface area contributed by atoms with Crippen LogP contribution in [0, 0.1) is 13.8 Å². The lowest BCUT2D eigenvalue weighted by atomic mass is 10.1. The molecule has 0 radical (unpaired) electrons. The molecular formula is C20H25N2O3+. The summed E-state index contributed by atoms with van der Waals surface area (Å²) in [6.07, 6.45) is 0. The van der Waals surface area contributed by atoms with E-state index >= 15 is 0 Å². The van der Waals surface area contributed by atoms with Crippen molar-refractivity contribution >= 4 is 17.6 Å². The minimum Gasteiger partial charge on any atom is -0.465 e. The molecule has 2 aromatic carbocycles. The first-order valence-corrected chi connectivity index (χ1v) is 8.25. The van der Waals surface area contributed by atoms with Crippen LogP contribution >= 0.6 is 0 Å². The van der Waals surface area contributed by atoms with E-state index in [1.54, 1.807) is 18.2 Å². The SMILES string of the molecule is COC(=O)c1ccc(C)c(NC(=O)C[NH+](C)Cc2ccccc2C)c1. The van der Waals surface area contributed by atoms with Gasteiger partial charge >= 0.3 is 5.97 Å². The fourth-order valence-electron chi connectivity index (χ4n) is 2.67. The van der Waals surface area contributed by atoms with E-state index in [4.69, 9.17) is 4.74 Å². The Bertz CT molecular complexity index is 771. The second kappa shape index (κ2) is 8.44. The molecular weight excluding hydrogens is 316 g/mol. The summed E-state index contributed by atoms with van der Waals surface area (Å²) >= 11 is 0. The Balaban J connectivity index is 2.00. The van der Waals surface area contributed by atoms with Crippen molar-refractivity contribution in [1.82, 2.24) is 0 Å². The number of rotatable bonds is 6. The van der Waals surface area contributed by atoms with E-state index in [2.05, 4.69) is 24.4 Å². The molecule has 0 heterocycles. The van der Waals surface area contributed by atoms with Crippen molar-refractivity contribution in [3.8, 4) is 0 Å². The smallest absolute Gasteiger partial charge is 0.337 e. The number of carbonyl (C=O) groups is 2. The molecule has 0 saturated heterocycles. The number of hydrogen-bond acceptors (Lipinski definition) is 3. The largest absolute Gasteiger partial charge is 0.465 e. The van der Waals surface area contributed by atoms with Gasteiger partial charge in [-0.2, -0.15) is 0 Å². The Kier molecular flexibility index (Phi) is 6.31. The number of anilines is 1. The second-order valence-corrected chi connectivity index (χ2v) is 6.31. The van der Waals surface area contributed by atoms with Crippen LogP contribution in [0.1, 0.15) is 27.0 Å². The van der Waals surface area contributed by atoms with Crippen LogP contribution in [0.5, 0.6) is 0 Å². The van der Waals surface area contributed by atoms with Crippen molar-refractivity contribution in [1.29, 1.82) is 0 Å². The highest BCUT2D eigenvalue weighted by atomic mass is 16.5. The van der Waals surface area contributed by atoms with Crippen LogP contribution in [-0.2, 0) is 16.1 Å². The molecule has 5 heteroatoms. The number of carbonyl (C=O) groups excluding carboxylic acids is 2. The maximum absolute atomic E-state index is 12.4. The molecule has 0 aromatic heterocycles. The summed E-state index contributed by atoms with van der Waals surface area (Å²) in [5, 5.41) is 2.89. The molecule has 0 aliphatic rings. The number of ether oxygens (including phenoxy) is 1. The van der Waals surface area contributed by atoms with E-state index in [-0.39, 0.29) is 5.91 Å².